The minimum Gasteiger partial charge on any atom is -0.349 e. The number of hydrogen-bond donors (Lipinski definition) is 2. The fraction of sp³-hybridized carbons (Fsp3) is 0.267. The van der Waals surface area contributed by atoms with Gasteiger partial charge in [0.05, 0.1) is 6.04 Å². The van der Waals surface area contributed by atoms with Gasteiger partial charge in [-0.2, -0.15) is 10.1 Å². The zero-order valence-corrected chi connectivity index (χ0v) is 13.2. The van der Waals surface area contributed by atoms with Gasteiger partial charge in [-0.25, -0.2) is 13.8 Å². The standard InChI is InChI=1S/C15H14F2N6O2/c1-8(10-3-2-9(16)6-11(10)17)20-12(24)4-5-13-21-15(23-25-13)14-18-7-19-22-14/h2-3,6-8H,4-5H2,1H3,(H,20,24)(H,18,19,22)/t8-/m1/s1. The molecule has 8 nitrogen and oxygen atoms in total. The fourth-order valence-corrected chi connectivity index (χ4v) is 2.23. The molecule has 0 saturated carbocycles. The lowest BCUT2D eigenvalue weighted by molar-refractivity contribution is -0.121. The van der Waals surface area contributed by atoms with E-state index in [1.807, 2.05) is 0 Å². The van der Waals surface area contributed by atoms with E-state index in [1.165, 1.54) is 12.4 Å². The number of halogens is 2. The van der Waals surface area contributed by atoms with Crippen molar-refractivity contribution in [1.82, 2.24) is 30.6 Å². The molecule has 0 saturated heterocycles. The summed E-state index contributed by atoms with van der Waals surface area (Å²) in [7, 11) is 0. The molecule has 0 aliphatic heterocycles. The summed E-state index contributed by atoms with van der Waals surface area (Å²) >= 11 is 0. The molecular weight excluding hydrogens is 334 g/mol. The van der Waals surface area contributed by atoms with Crippen LogP contribution >= 0.6 is 0 Å². The first kappa shape index (κ1) is 16.7. The van der Waals surface area contributed by atoms with Gasteiger partial charge in [-0.3, -0.25) is 9.89 Å². The van der Waals surface area contributed by atoms with Gasteiger partial charge in [-0.15, -0.1) is 0 Å². The predicted molar refractivity (Wildman–Crippen MR) is 80.9 cm³/mol. The van der Waals surface area contributed by atoms with Crippen LogP contribution in [0.1, 0.15) is 30.8 Å². The summed E-state index contributed by atoms with van der Waals surface area (Å²) in [5.41, 5.74) is 0.208. The van der Waals surface area contributed by atoms with Gasteiger partial charge in [0.1, 0.15) is 18.0 Å². The van der Waals surface area contributed by atoms with E-state index in [2.05, 4.69) is 30.6 Å². The van der Waals surface area contributed by atoms with Crippen LogP contribution in [-0.4, -0.2) is 31.2 Å². The van der Waals surface area contributed by atoms with Gasteiger partial charge in [0.25, 0.3) is 0 Å². The van der Waals surface area contributed by atoms with Gasteiger partial charge in [0, 0.05) is 24.5 Å². The number of carbonyl (C=O) groups excluding carboxylic acids is 1. The molecule has 1 aromatic carbocycles. The molecular formula is C15H14F2N6O2. The highest BCUT2D eigenvalue weighted by Gasteiger charge is 2.16. The number of benzene rings is 1. The first-order chi connectivity index (χ1) is 12.0. The summed E-state index contributed by atoms with van der Waals surface area (Å²) in [5.74, 6) is -0.826. The molecule has 0 unspecified atom stereocenters. The molecule has 3 aromatic rings. The van der Waals surface area contributed by atoms with Crippen molar-refractivity contribution in [3.8, 4) is 11.6 Å². The predicted octanol–water partition coefficient (Wildman–Crippen LogP) is 1.94. The van der Waals surface area contributed by atoms with Crippen LogP contribution in [0, 0.1) is 11.6 Å². The maximum atomic E-state index is 13.7. The van der Waals surface area contributed by atoms with Crippen molar-refractivity contribution in [2.75, 3.05) is 0 Å². The van der Waals surface area contributed by atoms with E-state index in [0.717, 1.165) is 12.1 Å². The van der Waals surface area contributed by atoms with E-state index in [0.29, 0.717) is 5.82 Å². The third-order valence-corrected chi connectivity index (χ3v) is 3.47. The molecule has 2 heterocycles. The molecule has 0 fully saturated rings. The third-order valence-electron chi connectivity index (χ3n) is 3.47. The zero-order chi connectivity index (χ0) is 17.8. The quantitative estimate of drug-likeness (QED) is 0.704. The Bertz CT molecular complexity index is 865. The second-order valence-electron chi connectivity index (χ2n) is 5.30. The van der Waals surface area contributed by atoms with Crippen molar-refractivity contribution in [3.05, 3.63) is 47.6 Å². The van der Waals surface area contributed by atoms with Crippen molar-refractivity contribution in [2.45, 2.75) is 25.8 Å². The average molecular weight is 348 g/mol. The first-order valence-corrected chi connectivity index (χ1v) is 7.45. The Balaban J connectivity index is 1.54. The number of aromatic nitrogens is 5. The normalized spacial score (nSPS) is 12.1. The summed E-state index contributed by atoms with van der Waals surface area (Å²) in [6.07, 6.45) is 1.60. The van der Waals surface area contributed by atoms with E-state index in [9.17, 15) is 13.6 Å². The van der Waals surface area contributed by atoms with E-state index in [1.54, 1.807) is 6.92 Å². The number of aryl methyl sites for hydroxylation is 1. The van der Waals surface area contributed by atoms with Gasteiger partial charge < -0.3 is 9.84 Å². The molecule has 0 bridgehead atoms. The highest BCUT2D eigenvalue weighted by Crippen LogP contribution is 2.18. The molecule has 0 aliphatic rings. The number of H-pyrrole nitrogens is 1. The van der Waals surface area contributed by atoms with Crippen molar-refractivity contribution in [1.29, 1.82) is 0 Å². The summed E-state index contributed by atoms with van der Waals surface area (Å²) in [6, 6.07) is 2.63. The second kappa shape index (κ2) is 7.16. The number of hydrogen-bond acceptors (Lipinski definition) is 6. The van der Waals surface area contributed by atoms with Crippen LogP contribution in [0.3, 0.4) is 0 Å². The summed E-state index contributed by atoms with van der Waals surface area (Å²) < 4.78 is 31.7. The van der Waals surface area contributed by atoms with Crippen molar-refractivity contribution >= 4 is 5.91 Å². The molecule has 0 radical (unpaired) electrons. The minimum atomic E-state index is -0.707. The third kappa shape index (κ3) is 4.03. The van der Waals surface area contributed by atoms with E-state index >= 15 is 0 Å². The maximum Gasteiger partial charge on any atom is 0.239 e. The molecule has 2 aromatic heterocycles. The summed E-state index contributed by atoms with van der Waals surface area (Å²) in [5, 5.41) is 12.6. The fourth-order valence-electron chi connectivity index (χ4n) is 2.23. The topological polar surface area (TPSA) is 110 Å². The molecule has 130 valence electrons. The monoisotopic (exact) mass is 348 g/mol. The Morgan fingerprint density at radius 1 is 1.40 bits per heavy atom. The Morgan fingerprint density at radius 3 is 2.96 bits per heavy atom. The molecule has 3 rings (SSSR count). The van der Waals surface area contributed by atoms with Crippen molar-refractivity contribution in [2.24, 2.45) is 0 Å². The first-order valence-electron chi connectivity index (χ1n) is 7.45. The van der Waals surface area contributed by atoms with Gasteiger partial charge >= 0.3 is 0 Å². The Kier molecular flexibility index (Phi) is 4.78. The van der Waals surface area contributed by atoms with Gasteiger partial charge in [-0.1, -0.05) is 11.2 Å². The lowest BCUT2D eigenvalue weighted by atomic mass is 10.1. The van der Waals surface area contributed by atoms with Gasteiger partial charge in [-0.05, 0) is 13.0 Å². The van der Waals surface area contributed by atoms with Crippen LogP contribution in [-0.2, 0) is 11.2 Å². The highest BCUT2D eigenvalue weighted by atomic mass is 19.1. The Labute approximate surface area is 140 Å². The summed E-state index contributed by atoms with van der Waals surface area (Å²) in [4.78, 5) is 20.0. The van der Waals surface area contributed by atoms with Crippen LogP contribution < -0.4 is 5.32 Å². The Hall–Kier alpha value is -3.17. The molecule has 0 aliphatic carbocycles. The van der Waals surface area contributed by atoms with Crippen LogP contribution in [0.5, 0.6) is 0 Å². The minimum absolute atomic E-state index is 0.0746. The molecule has 10 heteroatoms. The number of nitrogens with one attached hydrogen (secondary N) is 2. The SMILES string of the molecule is C[C@@H](NC(=O)CCc1nc(-c2ncn[nH]2)no1)c1ccc(F)cc1F. The van der Waals surface area contributed by atoms with E-state index in [4.69, 9.17) is 4.52 Å². The number of nitrogens with zero attached hydrogens (tertiary/aromatic N) is 4. The molecule has 1 atom stereocenters. The lowest BCUT2D eigenvalue weighted by Crippen LogP contribution is -2.27. The summed E-state index contributed by atoms with van der Waals surface area (Å²) in [6.45, 7) is 1.61. The zero-order valence-electron chi connectivity index (χ0n) is 13.2. The smallest absolute Gasteiger partial charge is 0.239 e. The molecule has 0 spiro atoms. The van der Waals surface area contributed by atoms with Crippen molar-refractivity contribution < 1.29 is 18.1 Å². The molecule has 25 heavy (non-hydrogen) atoms. The van der Waals surface area contributed by atoms with E-state index in [-0.39, 0.29) is 36.0 Å². The van der Waals surface area contributed by atoms with Crippen LogP contribution in [0.25, 0.3) is 11.6 Å². The van der Waals surface area contributed by atoms with Gasteiger partial charge in [0.2, 0.25) is 17.6 Å². The van der Waals surface area contributed by atoms with Crippen LogP contribution in [0.2, 0.25) is 0 Å². The number of rotatable bonds is 6. The second-order valence-corrected chi connectivity index (χ2v) is 5.30. The Morgan fingerprint density at radius 2 is 2.24 bits per heavy atom. The van der Waals surface area contributed by atoms with Gasteiger partial charge in [0.15, 0.2) is 5.82 Å². The van der Waals surface area contributed by atoms with E-state index < -0.39 is 17.7 Å². The van der Waals surface area contributed by atoms with Crippen LogP contribution in [0.4, 0.5) is 8.78 Å². The molecule has 1 amide bonds. The maximum absolute atomic E-state index is 13.7. The average Bonchev–Trinajstić information content (AvgIpc) is 3.24. The number of aromatic amines is 1. The number of amides is 1. The lowest BCUT2D eigenvalue weighted by Gasteiger charge is -2.14. The highest BCUT2D eigenvalue weighted by molar-refractivity contribution is 5.76. The number of carbonyl (C=O) groups is 1. The van der Waals surface area contributed by atoms with Crippen molar-refractivity contribution in [3.63, 3.8) is 0 Å². The molecule has 2 N–H and O–H groups in total. The largest absolute Gasteiger partial charge is 0.349 e. The van der Waals surface area contributed by atoms with Crippen LogP contribution in [0.15, 0.2) is 29.0 Å².